The Hall–Kier alpha value is -0.200. The van der Waals surface area contributed by atoms with Gasteiger partial charge in [0.2, 0.25) is 0 Å². The summed E-state index contributed by atoms with van der Waals surface area (Å²) in [4.78, 5) is 0. The van der Waals surface area contributed by atoms with Gasteiger partial charge in [0.05, 0.1) is 0 Å². The van der Waals surface area contributed by atoms with Crippen molar-refractivity contribution in [2.75, 3.05) is 26.2 Å². The third-order valence-corrected chi connectivity index (χ3v) is 3.17. The average Bonchev–Trinajstić information content (AvgIpc) is 2.18. The highest BCUT2D eigenvalue weighted by molar-refractivity contribution is 4.86. The van der Waals surface area contributed by atoms with Crippen LogP contribution in [-0.4, -0.2) is 43.5 Å². The molecular weight excluding hydrogens is 180 g/mol. The summed E-state index contributed by atoms with van der Waals surface area (Å²) in [7, 11) is 0. The van der Waals surface area contributed by atoms with E-state index in [-0.39, 0.29) is 6.23 Å². The van der Waals surface area contributed by atoms with Gasteiger partial charge in [0.1, 0.15) is 6.23 Å². The van der Waals surface area contributed by atoms with Crippen molar-refractivity contribution in [2.24, 2.45) is 17.5 Å². The lowest BCUT2D eigenvalue weighted by Crippen LogP contribution is -2.59. The van der Waals surface area contributed by atoms with Gasteiger partial charge in [0, 0.05) is 38.2 Å². The Bertz CT molecular complexity index is 190. The van der Waals surface area contributed by atoms with Crippen LogP contribution in [0, 0.1) is 5.92 Å². The summed E-state index contributed by atoms with van der Waals surface area (Å²) >= 11 is 0. The van der Waals surface area contributed by atoms with Crippen LogP contribution in [0.5, 0.6) is 0 Å². The van der Waals surface area contributed by atoms with Crippen LogP contribution >= 0.6 is 0 Å². The molecule has 3 atom stereocenters. The molecule has 5 heteroatoms. The number of nitrogens with one attached hydrogen (secondary N) is 1. The van der Waals surface area contributed by atoms with E-state index in [1.165, 1.54) is 0 Å². The molecule has 0 aromatic heterocycles. The Kier molecular flexibility index (Phi) is 3.35. The minimum atomic E-state index is -0.118. The molecule has 2 rings (SSSR count). The molecule has 0 aromatic carbocycles. The van der Waals surface area contributed by atoms with Crippen molar-refractivity contribution in [2.45, 2.75) is 25.1 Å². The fraction of sp³-hybridized carbons (Fsp3) is 1.00. The normalized spacial score (nSPS) is 41.1. The third kappa shape index (κ3) is 2.24. The van der Waals surface area contributed by atoms with E-state index in [2.05, 4.69) is 5.32 Å². The van der Waals surface area contributed by atoms with Gasteiger partial charge in [-0.3, -0.25) is 5.84 Å². The minimum Gasteiger partial charge on any atom is -0.363 e. The van der Waals surface area contributed by atoms with E-state index in [0.717, 1.165) is 39.1 Å². The fourth-order valence-corrected chi connectivity index (χ4v) is 2.35. The Morgan fingerprint density at radius 2 is 2.29 bits per heavy atom. The van der Waals surface area contributed by atoms with Gasteiger partial charge < -0.3 is 15.8 Å². The molecule has 0 aromatic rings. The van der Waals surface area contributed by atoms with Gasteiger partial charge in [-0.15, -0.1) is 0 Å². The van der Waals surface area contributed by atoms with Crippen LogP contribution in [0.4, 0.5) is 0 Å². The third-order valence-electron chi connectivity index (χ3n) is 3.17. The molecule has 2 aliphatic heterocycles. The van der Waals surface area contributed by atoms with Crippen molar-refractivity contribution in [1.29, 1.82) is 0 Å². The number of ether oxygens (including phenoxy) is 1. The average molecular weight is 200 g/mol. The largest absolute Gasteiger partial charge is 0.363 e. The molecule has 2 heterocycles. The number of rotatable bonds is 1. The number of hydrazine groups is 1. The quantitative estimate of drug-likeness (QED) is 0.466. The van der Waals surface area contributed by atoms with Crippen LogP contribution in [0.25, 0.3) is 0 Å². The zero-order chi connectivity index (χ0) is 9.97. The SMILES string of the molecule is NC1OCCCC1C1CN(N)CCN1. The lowest BCUT2D eigenvalue weighted by atomic mass is 9.90. The second-order valence-corrected chi connectivity index (χ2v) is 4.20. The van der Waals surface area contributed by atoms with Crippen LogP contribution in [0.1, 0.15) is 12.8 Å². The van der Waals surface area contributed by atoms with Crippen molar-refractivity contribution in [3.63, 3.8) is 0 Å². The smallest absolute Gasteiger partial charge is 0.110 e. The lowest BCUT2D eigenvalue weighted by molar-refractivity contribution is -0.0425. The maximum absolute atomic E-state index is 5.93. The topological polar surface area (TPSA) is 76.5 Å². The number of hydrogen-bond donors (Lipinski definition) is 3. The van der Waals surface area contributed by atoms with Crippen molar-refractivity contribution < 1.29 is 4.74 Å². The van der Waals surface area contributed by atoms with E-state index in [9.17, 15) is 0 Å². The highest BCUT2D eigenvalue weighted by atomic mass is 16.5. The predicted octanol–water partition coefficient (Wildman–Crippen LogP) is -1.15. The van der Waals surface area contributed by atoms with Gasteiger partial charge >= 0.3 is 0 Å². The van der Waals surface area contributed by atoms with E-state index in [4.69, 9.17) is 16.3 Å². The standard InChI is InChI=1S/C9H20N4O/c10-9-7(2-1-5-14-9)8-6-13(11)4-3-12-8/h7-9,12H,1-6,10-11H2. The number of hydrogen-bond acceptors (Lipinski definition) is 5. The maximum atomic E-state index is 5.93. The van der Waals surface area contributed by atoms with Gasteiger partial charge in [-0.25, -0.2) is 5.01 Å². The monoisotopic (exact) mass is 200 g/mol. The molecule has 0 radical (unpaired) electrons. The minimum absolute atomic E-state index is 0.118. The van der Waals surface area contributed by atoms with E-state index in [0.29, 0.717) is 12.0 Å². The molecule has 82 valence electrons. The predicted molar refractivity (Wildman–Crippen MR) is 54.2 cm³/mol. The van der Waals surface area contributed by atoms with Crippen molar-refractivity contribution in [3.8, 4) is 0 Å². The van der Waals surface area contributed by atoms with Crippen LogP contribution < -0.4 is 16.9 Å². The number of piperazine rings is 1. The first-order valence-electron chi connectivity index (χ1n) is 5.37. The molecule has 0 spiro atoms. The van der Waals surface area contributed by atoms with Gasteiger partial charge in [-0.1, -0.05) is 0 Å². The summed E-state index contributed by atoms with van der Waals surface area (Å²) in [6.07, 6.45) is 2.14. The van der Waals surface area contributed by atoms with Gasteiger partial charge in [-0.2, -0.15) is 0 Å². The molecule has 2 aliphatic rings. The summed E-state index contributed by atoms with van der Waals surface area (Å²) in [5.41, 5.74) is 5.93. The van der Waals surface area contributed by atoms with Gasteiger partial charge in [0.15, 0.2) is 0 Å². The molecule has 3 unspecified atom stereocenters. The molecule has 5 nitrogen and oxygen atoms in total. The summed E-state index contributed by atoms with van der Waals surface area (Å²) in [5, 5.41) is 5.33. The summed E-state index contributed by atoms with van der Waals surface area (Å²) in [6.45, 7) is 3.54. The summed E-state index contributed by atoms with van der Waals surface area (Å²) in [6, 6.07) is 0.393. The zero-order valence-electron chi connectivity index (χ0n) is 8.48. The number of nitrogens with two attached hydrogens (primary N) is 2. The molecule has 2 saturated heterocycles. The van der Waals surface area contributed by atoms with Crippen molar-refractivity contribution in [3.05, 3.63) is 0 Å². The van der Waals surface area contributed by atoms with Crippen LogP contribution in [0.15, 0.2) is 0 Å². The van der Waals surface area contributed by atoms with Crippen LogP contribution in [0.3, 0.4) is 0 Å². The Labute approximate surface area is 84.7 Å². The molecule has 0 saturated carbocycles. The second kappa shape index (κ2) is 4.55. The summed E-state index contributed by atoms with van der Waals surface area (Å²) in [5.74, 6) is 6.20. The van der Waals surface area contributed by atoms with Crippen molar-refractivity contribution in [1.82, 2.24) is 10.3 Å². The van der Waals surface area contributed by atoms with Crippen LogP contribution in [0.2, 0.25) is 0 Å². The summed E-state index contributed by atoms with van der Waals surface area (Å²) < 4.78 is 5.46. The maximum Gasteiger partial charge on any atom is 0.110 e. The molecular formula is C9H20N4O. The van der Waals surface area contributed by atoms with Gasteiger partial charge in [0.25, 0.3) is 0 Å². The molecule has 0 bridgehead atoms. The first-order chi connectivity index (χ1) is 6.77. The Morgan fingerprint density at radius 1 is 1.43 bits per heavy atom. The number of nitrogens with zero attached hydrogens (tertiary/aromatic N) is 1. The lowest BCUT2D eigenvalue weighted by Gasteiger charge is -2.40. The van der Waals surface area contributed by atoms with Crippen LogP contribution in [-0.2, 0) is 4.74 Å². The van der Waals surface area contributed by atoms with Crippen molar-refractivity contribution >= 4 is 0 Å². The highest BCUT2D eigenvalue weighted by Gasteiger charge is 2.32. The first-order valence-corrected chi connectivity index (χ1v) is 5.37. The molecule has 0 amide bonds. The molecule has 14 heavy (non-hydrogen) atoms. The first kappa shape index (κ1) is 10.3. The van der Waals surface area contributed by atoms with E-state index < -0.39 is 0 Å². The highest BCUT2D eigenvalue weighted by Crippen LogP contribution is 2.22. The van der Waals surface area contributed by atoms with Gasteiger partial charge in [-0.05, 0) is 12.8 Å². The van der Waals surface area contributed by atoms with E-state index in [1.54, 1.807) is 0 Å². The fourth-order valence-electron chi connectivity index (χ4n) is 2.35. The molecule has 5 N–H and O–H groups in total. The Balaban J connectivity index is 1.91. The van der Waals surface area contributed by atoms with E-state index >= 15 is 0 Å². The second-order valence-electron chi connectivity index (χ2n) is 4.20. The molecule has 0 aliphatic carbocycles. The Morgan fingerprint density at radius 3 is 3.00 bits per heavy atom. The molecule has 2 fully saturated rings. The zero-order valence-corrected chi connectivity index (χ0v) is 8.48. The van der Waals surface area contributed by atoms with E-state index in [1.807, 2.05) is 5.01 Å².